The molecule has 3 heteroatoms. The van der Waals surface area contributed by atoms with Crippen LogP contribution in [0.5, 0.6) is 0 Å². The maximum absolute atomic E-state index is 10.6. The Labute approximate surface area is 76.7 Å². The van der Waals surface area contributed by atoms with Crippen LogP contribution in [0.15, 0.2) is 0 Å². The predicted molar refractivity (Wildman–Crippen MR) is 49.4 cm³/mol. The minimum absolute atomic E-state index is 0.231. The SMILES string of the molecule is O=C(O)CC1(C2CCSC2)CC1. The lowest BCUT2D eigenvalue weighted by atomic mass is 9.86. The first-order valence-electron chi connectivity index (χ1n) is 4.52. The van der Waals surface area contributed by atoms with E-state index in [2.05, 4.69) is 0 Å². The molecular weight excluding hydrogens is 172 g/mol. The lowest BCUT2D eigenvalue weighted by Gasteiger charge is -2.19. The van der Waals surface area contributed by atoms with Gasteiger partial charge in [0, 0.05) is 0 Å². The quantitative estimate of drug-likeness (QED) is 0.732. The average Bonchev–Trinajstić information content (AvgIpc) is 2.61. The predicted octanol–water partition coefficient (Wildman–Crippen LogP) is 1.99. The van der Waals surface area contributed by atoms with Gasteiger partial charge in [0.05, 0.1) is 6.42 Å². The molecule has 0 amide bonds. The molecule has 1 saturated heterocycles. The van der Waals surface area contributed by atoms with Crippen molar-refractivity contribution >= 4 is 17.7 Å². The van der Waals surface area contributed by atoms with Crippen molar-refractivity contribution in [1.29, 1.82) is 0 Å². The third kappa shape index (κ3) is 1.47. The van der Waals surface area contributed by atoms with Crippen LogP contribution in [0.2, 0.25) is 0 Å². The van der Waals surface area contributed by atoms with Crippen molar-refractivity contribution in [3.8, 4) is 0 Å². The van der Waals surface area contributed by atoms with Crippen molar-refractivity contribution in [2.24, 2.45) is 11.3 Å². The monoisotopic (exact) mass is 186 g/mol. The van der Waals surface area contributed by atoms with Crippen molar-refractivity contribution < 1.29 is 9.90 Å². The summed E-state index contributed by atoms with van der Waals surface area (Å²) in [7, 11) is 0. The zero-order valence-electron chi connectivity index (χ0n) is 7.08. The first-order valence-corrected chi connectivity index (χ1v) is 5.68. The van der Waals surface area contributed by atoms with Gasteiger partial charge in [-0.15, -0.1) is 0 Å². The Morgan fingerprint density at radius 2 is 2.33 bits per heavy atom. The van der Waals surface area contributed by atoms with Crippen LogP contribution in [0.3, 0.4) is 0 Å². The van der Waals surface area contributed by atoms with Crippen LogP contribution in [0.25, 0.3) is 0 Å². The molecule has 0 spiro atoms. The number of carboxylic acid groups (broad SMARTS) is 1. The topological polar surface area (TPSA) is 37.3 Å². The zero-order valence-corrected chi connectivity index (χ0v) is 7.90. The smallest absolute Gasteiger partial charge is 0.303 e. The van der Waals surface area contributed by atoms with Gasteiger partial charge in [0.1, 0.15) is 0 Å². The van der Waals surface area contributed by atoms with Gasteiger partial charge >= 0.3 is 5.97 Å². The van der Waals surface area contributed by atoms with E-state index >= 15 is 0 Å². The number of hydrogen-bond donors (Lipinski definition) is 1. The van der Waals surface area contributed by atoms with Gasteiger partial charge in [0.2, 0.25) is 0 Å². The molecule has 1 aliphatic heterocycles. The van der Waals surface area contributed by atoms with Gasteiger partial charge in [-0.25, -0.2) is 0 Å². The van der Waals surface area contributed by atoms with Crippen LogP contribution in [0.4, 0.5) is 0 Å². The molecule has 1 atom stereocenters. The summed E-state index contributed by atoms with van der Waals surface area (Å²) in [5.41, 5.74) is 0.231. The molecule has 1 heterocycles. The number of carbonyl (C=O) groups is 1. The molecule has 0 aromatic rings. The Balaban J connectivity index is 1.95. The van der Waals surface area contributed by atoms with Crippen molar-refractivity contribution in [2.45, 2.75) is 25.7 Å². The van der Waals surface area contributed by atoms with Gasteiger partial charge in [-0.3, -0.25) is 4.79 Å². The third-order valence-corrected chi connectivity index (χ3v) is 4.35. The largest absolute Gasteiger partial charge is 0.481 e. The Hall–Kier alpha value is -0.180. The maximum Gasteiger partial charge on any atom is 0.303 e. The Kier molecular flexibility index (Phi) is 2.07. The highest BCUT2D eigenvalue weighted by Crippen LogP contribution is 2.58. The van der Waals surface area contributed by atoms with E-state index in [-0.39, 0.29) is 5.41 Å². The van der Waals surface area contributed by atoms with E-state index in [1.54, 1.807) is 0 Å². The van der Waals surface area contributed by atoms with Crippen molar-refractivity contribution in [3.63, 3.8) is 0 Å². The van der Waals surface area contributed by atoms with Gasteiger partial charge in [-0.1, -0.05) is 0 Å². The Morgan fingerprint density at radius 1 is 1.58 bits per heavy atom. The third-order valence-electron chi connectivity index (χ3n) is 3.19. The minimum Gasteiger partial charge on any atom is -0.481 e. The normalized spacial score (nSPS) is 31.8. The minimum atomic E-state index is -0.607. The molecule has 2 rings (SSSR count). The van der Waals surface area contributed by atoms with Crippen LogP contribution in [-0.2, 0) is 4.79 Å². The summed E-state index contributed by atoms with van der Waals surface area (Å²) in [6.45, 7) is 0. The van der Waals surface area contributed by atoms with E-state index in [1.165, 1.54) is 17.9 Å². The molecule has 0 bridgehead atoms. The highest BCUT2D eigenvalue weighted by Gasteiger charge is 2.51. The van der Waals surface area contributed by atoms with Crippen molar-refractivity contribution in [3.05, 3.63) is 0 Å². The van der Waals surface area contributed by atoms with E-state index in [1.807, 2.05) is 11.8 Å². The van der Waals surface area contributed by atoms with E-state index in [4.69, 9.17) is 5.11 Å². The number of rotatable bonds is 3. The molecule has 0 aromatic carbocycles. The van der Waals surface area contributed by atoms with Gasteiger partial charge in [-0.05, 0) is 42.1 Å². The molecule has 12 heavy (non-hydrogen) atoms. The van der Waals surface area contributed by atoms with Gasteiger partial charge in [-0.2, -0.15) is 11.8 Å². The van der Waals surface area contributed by atoms with Crippen LogP contribution >= 0.6 is 11.8 Å². The molecule has 2 nitrogen and oxygen atoms in total. The molecule has 68 valence electrons. The highest BCUT2D eigenvalue weighted by molar-refractivity contribution is 7.99. The fourth-order valence-corrected chi connectivity index (χ4v) is 3.63. The second-order valence-electron chi connectivity index (χ2n) is 3.99. The summed E-state index contributed by atoms with van der Waals surface area (Å²) < 4.78 is 0. The molecule has 1 aliphatic carbocycles. The lowest BCUT2D eigenvalue weighted by Crippen LogP contribution is -2.19. The van der Waals surface area contributed by atoms with Crippen molar-refractivity contribution in [1.82, 2.24) is 0 Å². The van der Waals surface area contributed by atoms with E-state index < -0.39 is 5.97 Å². The number of hydrogen-bond acceptors (Lipinski definition) is 2. The fraction of sp³-hybridized carbons (Fsp3) is 0.889. The summed E-state index contributed by atoms with van der Waals surface area (Å²) >= 11 is 1.98. The highest BCUT2D eigenvalue weighted by atomic mass is 32.2. The molecule has 0 radical (unpaired) electrons. The van der Waals surface area contributed by atoms with Crippen LogP contribution in [0.1, 0.15) is 25.7 Å². The molecule has 0 aromatic heterocycles. The standard InChI is InChI=1S/C9H14O2S/c10-8(11)5-9(2-3-9)7-1-4-12-6-7/h7H,1-6H2,(H,10,11). The molecular formula is C9H14O2S. The van der Waals surface area contributed by atoms with Gasteiger partial charge in [0.15, 0.2) is 0 Å². The summed E-state index contributed by atoms with van der Waals surface area (Å²) in [6.07, 6.45) is 3.98. The van der Waals surface area contributed by atoms with Crippen LogP contribution < -0.4 is 0 Å². The number of thioether (sulfide) groups is 1. The number of carboxylic acids is 1. The van der Waals surface area contributed by atoms with Gasteiger partial charge in [0.25, 0.3) is 0 Å². The Bertz CT molecular complexity index is 193. The zero-order chi connectivity index (χ0) is 8.60. The summed E-state index contributed by atoms with van der Waals surface area (Å²) in [5, 5.41) is 8.74. The summed E-state index contributed by atoms with van der Waals surface area (Å²) in [6, 6.07) is 0. The van der Waals surface area contributed by atoms with Gasteiger partial charge < -0.3 is 5.11 Å². The lowest BCUT2D eigenvalue weighted by molar-refractivity contribution is -0.138. The van der Waals surface area contributed by atoms with Crippen LogP contribution in [0, 0.1) is 11.3 Å². The second-order valence-corrected chi connectivity index (χ2v) is 5.14. The second kappa shape index (κ2) is 2.95. The molecule has 1 saturated carbocycles. The molecule has 2 aliphatic rings. The Morgan fingerprint density at radius 3 is 2.75 bits per heavy atom. The molecule has 1 unspecified atom stereocenters. The van der Waals surface area contributed by atoms with E-state index in [0.717, 1.165) is 12.8 Å². The maximum atomic E-state index is 10.6. The fourth-order valence-electron chi connectivity index (χ4n) is 2.21. The number of aliphatic carboxylic acids is 1. The van der Waals surface area contributed by atoms with E-state index in [9.17, 15) is 4.79 Å². The average molecular weight is 186 g/mol. The van der Waals surface area contributed by atoms with Crippen molar-refractivity contribution in [2.75, 3.05) is 11.5 Å². The summed E-state index contributed by atoms with van der Waals surface area (Å²) in [5.74, 6) is 2.54. The summed E-state index contributed by atoms with van der Waals surface area (Å²) in [4.78, 5) is 10.6. The first kappa shape index (κ1) is 8.42. The molecule has 2 fully saturated rings. The molecule has 1 N–H and O–H groups in total. The first-order chi connectivity index (χ1) is 5.73. The van der Waals surface area contributed by atoms with Crippen LogP contribution in [-0.4, -0.2) is 22.6 Å². The van der Waals surface area contributed by atoms with E-state index in [0.29, 0.717) is 12.3 Å².